The minimum atomic E-state index is -0.711. The van der Waals surface area contributed by atoms with Crippen molar-refractivity contribution in [3.8, 4) is 0 Å². The predicted octanol–water partition coefficient (Wildman–Crippen LogP) is -1.90. The lowest BCUT2D eigenvalue weighted by molar-refractivity contribution is -0.657. The number of nitrogens with zero attached hydrogens (tertiary/aromatic N) is 2. The molecule has 0 amide bonds. The Bertz CT molecular complexity index is 334. The van der Waals surface area contributed by atoms with Crippen molar-refractivity contribution >= 4 is 5.82 Å². The van der Waals surface area contributed by atoms with Gasteiger partial charge in [-0.1, -0.05) is 0 Å². The Labute approximate surface area is 76.0 Å². The molecule has 6 nitrogen and oxygen atoms in total. The van der Waals surface area contributed by atoms with Gasteiger partial charge in [-0.05, 0) is 0 Å². The summed E-state index contributed by atoms with van der Waals surface area (Å²) in [7, 11) is 3.78. The molecule has 0 unspecified atom stereocenters. The molecule has 0 spiro atoms. The Morgan fingerprint density at radius 3 is 3.08 bits per heavy atom. The number of nitrogens with one attached hydrogen (secondary N) is 2. The molecule has 1 aromatic rings. The first kappa shape index (κ1) is 8.49. The zero-order valence-electron chi connectivity index (χ0n) is 7.65. The van der Waals surface area contributed by atoms with Crippen LogP contribution < -0.4 is 20.9 Å². The first-order valence-electron chi connectivity index (χ1n) is 4.10. The van der Waals surface area contributed by atoms with Gasteiger partial charge in [-0.2, -0.15) is 0 Å². The number of nitrogens with two attached hydrogens (primary N) is 1. The predicted molar refractivity (Wildman–Crippen MR) is 46.3 cm³/mol. The van der Waals surface area contributed by atoms with Crippen molar-refractivity contribution < 1.29 is 9.67 Å². The Morgan fingerprint density at radius 1 is 1.69 bits per heavy atom. The van der Waals surface area contributed by atoms with E-state index < -0.39 is 12.5 Å². The maximum atomic E-state index is 9.66. The van der Waals surface area contributed by atoms with Gasteiger partial charge in [0.1, 0.15) is 0 Å². The normalized spacial score (nSPS) is 26.8. The van der Waals surface area contributed by atoms with Gasteiger partial charge >= 0.3 is 0 Å². The topological polar surface area (TPSA) is 79.1 Å². The van der Waals surface area contributed by atoms with E-state index in [0.29, 0.717) is 0 Å². The second-order valence-corrected chi connectivity index (χ2v) is 3.26. The summed E-state index contributed by atoms with van der Waals surface area (Å²) in [6.07, 6.45) is 0.759. The van der Waals surface area contributed by atoms with E-state index in [1.165, 1.54) is 0 Å². The number of aliphatic hydroxyl groups excluding tert-OH is 1. The van der Waals surface area contributed by atoms with Crippen molar-refractivity contribution in [2.24, 2.45) is 19.8 Å². The Kier molecular flexibility index (Phi) is 1.76. The molecule has 0 saturated heterocycles. The maximum Gasteiger partial charge on any atom is 0.263 e. The molecule has 0 radical (unpaired) electrons. The highest BCUT2D eigenvalue weighted by molar-refractivity contribution is 5.40. The standard InChI is InChI=1S/C7H14N5O/c1-11-3-12(2)5-4(11)6(13)10-7(8)9-5/h3,6-7,9-10,13H,8H2,1-2H3/q+1/t6-,7+/m0/s1. The fraction of sp³-hybridized carbons (Fsp3) is 0.571. The van der Waals surface area contributed by atoms with E-state index in [9.17, 15) is 5.11 Å². The van der Waals surface area contributed by atoms with E-state index in [0.717, 1.165) is 11.5 Å². The highest BCUT2D eigenvalue weighted by atomic mass is 16.3. The van der Waals surface area contributed by atoms with Crippen molar-refractivity contribution in [2.75, 3.05) is 5.32 Å². The monoisotopic (exact) mass is 184 g/mol. The van der Waals surface area contributed by atoms with Crippen LogP contribution in [0.1, 0.15) is 11.9 Å². The first-order valence-corrected chi connectivity index (χ1v) is 4.10. The molecule has 0 bridgehead atoms. The Morgan fingerprint density at radius 2 is 2.38 bits per heavy atom. The number of fused-ring (bicyclic) bond motifs is 1. The van der Waals surface area contributed by atoms with Gasteiger partial charge in [0, 0.05) is 0 Å². The van der Waals surface area contributed by atoms with Gasteiger partial charge in [-0.25, -0.2) is 9.88 Å². The van der Waals surface area contributed by atoms with E-state index in [1.54, 1.807) is 0 Å². The van der Waals surface area contributed by atoms with Gasteiger partial charge in [-0.15, -0.1) is 0 Å². The Balaban J connectivity index is 2.51. The molecule has 0 saturated carbocycles. The molecular weight excluding hydrogens is 170 g/mol. The van der Waals surface area contributed by atoms with Crippen LogP contribution in [0.2, 0.25) is 0 Å². The number of aromatic nitrogens is 2. The largest absolute Gasteiger partial charge is 0.371 e. The van der Waals surface area contributed by atoms with Gasteiger partial charge in [0.2, 0.25) is 0 Å². The zero-order valence-corrected chi connectivity index (χ0v) is 7.65. The van der Waals surface area contributed by atoms with Crippen molar-refractivity contribution in [1.82, 2.24) is 9.88 Å². The molecule has 1 aliphatic rings. The van der Waals surface area contributed by atoms with Crippen LogP contribution in [0.4, 0.5) is 5.82 Å². The van der Waals surface area contributed by atoms with Crippen molar-refractivity contribution in [3.63, 3.8) is 0 Å². The molecule has 2 heterocycles. The van der Waals surface area contributed by atoms with Crippen LogP contribution in [0.5, 0.6) is 0 Å². The highest BCUT2D eigenvalue weighted by Crippen LogP contribution is 2.21. The summed E-state index contributed by atoms with van der Waals surface area (Å²) in [4.78, 5) is 0. The molecule has 72 valence electrons. The number of imidazole rings is 1. The second kappa shape index (κ2) is 2.69. The number of hydrogen-bond donors (Lipinski definition) is 4. The summed E-state index contributed by atoms with van der Waals surface area (Å²) in [5, 5.41) is 15.5. The molecule has 0 aromatic carbocycles. The van der Waals surface area contributed by atoms with Gasteiger partial charge in [0.15, 0.2) is 24.5 Å². The molecule has 0 aliphatic carbocycles. The van der Waals surface area contributed by atoms with E-state index in [1.807, 2.05) is 29.6 Å². The molecule has 2 rings (SSSR count). The molecule has 1 aromatic heterocycles. The summed E-state index contributed by atoms with van der Waals surface area (Å²) in [6.45, 7) is 0. The smallest absolute Gasteiger partial charge is 0.263 e. The second-order valence-electron chi connectivity index (χ2n) is 3.26. The van der Waals surface area contributed by atoms with Gasteiger partial charge in [0.25, 0.3) is 5.82 Å². The molecule has 1 aliphatic heterocycles. The summed E-state index contributed by atoms with van der Waals surface area (Å²) in [6, 6.07) is 0. The number of aryl methyl sites for hydroxylation is 2. The first-order chi connectivity index (χ1) is 6.09. The SMILES string of the molecule is Cn1c[n+](C)c2c1[C@H](O)N[C@H](N)N2. The average Bonchev–Trinajstić information content (AvgIpc) is 2.27. The summed E-state index contributed by atoms with van der Waals surface area (Å²) in [5.74, 6) is 0.848. The third-order valence-corrected chi connectivity index (χ3v) is 2.21. The highest BCUT2D eigenvalue weighted by Gasteiger charge is 2.32. The number of aliphatic hydroxyl groups is 1. The van der Waals surface area contributed by atoms with E-state index in [4.69, 9.17) is 5.73 Å². The third kappa shape index (κ3) is 1.19. The fourth-order valence-electron chi connectivity index (χ4n) is 1.66. The summed E-state index contributed by atoms with van der Waals surface area (Å²) in [5.41, 5.74) is 6.41. The lowest BCUT2D eigenvalue weighted by atomic mass is 10.3. The average molecular weight is 184 g/mol. The van der Waals surface area contributed by atoms with Gasteiger partial charge in [0.05, 0.1) is 14.1 Å². The van der Waals surface area contributed by atoms with Gasteiger partial charge < -0.3 is 5.11 Å². The van der Waals surface area contributed by atoms with Crippen LogP contribution in [0, 0.1) is 0 Å². The summed E-state index contributed by atoms with van der Waals surface area (Å²) >= 11 is 0. The molecule has 6 heteroatoms. The lowest BCUT2D eigenvalue weighted by Gasteiger charge is -2.22. The molecule has 5 N–H and O–H groups in total. The van der Waals surface area contributed by atoms with E-state index in [2.05, 4.69) is 10.6 Å². The molecule has 2 atom stereocenters. The molecular formula is C7H14N5O+. The zero-order chi connectivity index (χ0) is 9.59. The van der Waals surface area contributed by atoms with Crippen LogP contribution in [0.3, 0.4) is 0 Å². The van der Waals surface area contributed by atoms with Crippen molar-refractivity contribution in [2.45, 2.75) is 12.5 Å². The lowest BCUT2D eigenvalue weighted by Crippen LogP contribution is -2.52. The number of anilines is 1. The molecule has 13 heavy (non-hydrogen) atoms. The minimum Gasteiger partial charge on any atom is -0.371 e. The van der Waals surface area contributed by atoms with Crippen LogP contribution in [-0.2, 0) is 14.1 Å². The van der Waals surface area contributed by atoms with Crippen LogP contribution in [0.25, 0.3) is 0 Å². The fourth-order valence-corrected chi connectivity index (χ4v) is 1.66. The molecule has 0 fully saturated rings. The van der Waals surface area contributed by atoms with E-state index >= 15 is 0 Å². The maximum absolute atomic E-state index is 9.66. The number of rotatable bonds is 0. The summed E-state index contributed by atoms with van der Waals surface area (Å²) < 4.78 is 3.74. The van der Waals surface area contributed by atoms with Crippen molar-refractivity contribution in [3.05, 3.63) is 12.0 Å². The van der Waals surface area contributed by atoms with Crippen LogP contribution in [-0.4, -0.2) is 16.0 Å². The minimum absolute atomic E-state index is 0.406. The third-order valence-electron chi connectivity index (χ3n) is 2.21. The van der Waals surface area contributed by atoms with E-state index in [-0.39, 0.29) is 0 Å². The quantitative estimate of drug-likeness (QED) is 0.355. The van der Waals surface area contributed by atoms with Crippen LogP contribution in [0.15, 0.2) is 6.33 Å². The van der Waals surface area contributed by atoms with Crippen molar-refractivity contribution in [1.29, 1.82) is 0 Å². The number of hydrogen-bond acceptors (Lipinski definition) is 4. The van der Waals surface area contributed by atoms with Crippen LogP contribution >= 0.6 is 0 Å². The Hall–Kier alpha value is -1.11. The van der Waals surface area contributed by atoms with Gasteiger partial charge in [-0.3, -0.25) is 15.6 Å².